The topological polar surface area (TPSA) is 82.0 Å². The summed E-state index contributed by atoms with van der Waals surface area (Å²) in [6.45, 7) is 3.11. The number of rotatable bonds is 4. The maximum atomic E-state index is 12.2. The van der Waals surface area contributed by atoms with Gasteiger partial charge in [-0.05, 0) is 6.92 Å². The van der Waals surface area contributed by atoms with Gasteiger partial charge in [-0.2, -0.15) is 10.2 Å². The molecule has 7 nitrogen and oxygen atoms in total. The van der Waals surface area contributed by atoms with E-state index >= 15 is 0 Å². The Hall–Kier alpha value is -2.31. The van der Waals surface area contributed by atoms with Crippen molar-refractivity contribution in [3.8, 4) is 0 Å². The predicted molar refractivity (Wildman–Crippen MR) is 71.3 cm³/mol. The van der Waals surface area contributed by atoms with Crippen LogP contribution in [0.5, 0.6) is 0 Å². The SMILES string of the molecule is CCn1cc(N)c(C(=O)N(C)Cc2cnn(C)c2)n1. The van der Waals surface area contributed by atoms with Gasteiger partial charge in [0.1, 0.15) is 0 Å². The minimum Gasteiger partial charge on any atom is -0.396 e. The average Bonchev–Trinajstić information content (AvgIpc) is 2.94. The van der Waals surface area contributed by atoms with E-state index in [9.17, 15) is 4.79 Å². The second kappa shape index (κ2) is 5.13. The molecule has 0 aliphatic rings. The molecule has 2 rings (SSSR count). The summed E-state index contributed by atoms with van der Waals surface area (Å²) in [6, 6.07) is 0. The van der Waals surface area contributed by atoms with Gasteiger partial charge in [0.05, 0.1) is 11.9 Å². The van der Waals surface area contributed by atoms with Gasteiger partial charge in [0.2, 0.25) is 0 Å². The molecule has 0 saturated heterocycles. The molecule has 0 radical (unpaired) electrons. The minimum absolute atomic E-state index is 0.187. The van der Waals surface area contributed by atoms with Crippen molar-refractivity contribution in [2.75, 3.05) is 12.8 Å². The zero-order valence-electron chi connectivity index (χ0n) is 11.4. The highest BCUT2D eigenvalue weighted by Crippen LogP contribution is 2.13. The second-order valence-electron chi connectivity index (χ2n) is 4.47. The van der Waals surface area contributed by atoms with Gasteiger partial charge in [0.15, 0.2) is 5.69 Å². The number of nitrogen functional groups attached to an aromatic ring is 1. The molecule has 0 atom stereocenters. The zero-order chi connectivity index (χ0) is 14.0. The van der Waals surface area contributed by atoms with Crippen molar-refractivity contribution in [1.82, 2.24) is 24.5 Å². The lowest BCUT2D eigenvalue weighted by Crippen LogP contribution is -2.27. The molecule has 7 heteroatoms. The van der Waals surface area contributed by atoms with Gasteiger partial charge >= 0.3 is 0 Å². The van der Waals surface area contributed by atoms with E-state index in [4.69, 9.17) is 5.73 Å². The first-order valence-corrected chi connectivity index (χ1v) is 6.07. The summed E-state index contributed by atoms with van der Waals surface area (Å²) in [6.07, 6.45) is 5.28. The number of anilines is 1. The molecule has 2 N–H and O–H groups in total. The molecular formula is C12H18N6O. The van der Waals surface area contributed by atoms with Crippen molar-refractivity contribution < 1.29 is 4.79 Å². The molecule has 0 unspecified atom stereocenters. The summed E-state index contributed by atoms with van der Waals surface area (Å²) >= 11 is 0. The fraction of sp³-hybridized carbons (Fsp3) is 0.417. The number of aromatic nitrogens is 4. The highest BCUT2D eigenvalue weighted by molar-refractivity contribution is 5.96. The molecule has 0 saturated carbocycles. The average molecular weight is 262 g/mol. The lowest BCUT2D eigenvalue weighted by molar-refractivity contribution is 0.0779. The van der Waals surface area contributed by atoms with E-state index in [-0.39, 0.29) is 5.91 Å². The number of hydrogen-bond acceptors (Lipinski definition) is 4. The molecule has 0 aliphatic heterocycles. The molecule has 0 aromatic carbocycles. The second-order valence-corrected chi connectivity index (χ2v) is 4.47. The highest BCUT2D eigenvalue weighted by atomic mass is 16.2. The monoisotopic (exact) mass is 262 g/mol. The van der Waals surface area contributed by atoms with E-state index < -0.39 is 0 Å². The van der Waals surface area contributed by atoms with Crippen LogP contribution in [-0.4, -0.2) is 37.4 Å². The maximum Gasteiger partial charge on any atom is 0.276 e. The number of carbonyl (C=O) groups excluding carboxylic acids is 1. The standard InChI is InChI=1S/C12H18N6O/c1-4-18-8-10(13)11(15-18)12(19)16(2)6-9-5-14-17(3)7-9/h5,7-8H,4,6,13H2,1-3H3. The van der Waals surface area contributed by atoms with Gasteiger partial charge in [-0.1, -0.05) is 0 Å². The molecule has 1 amide bonds. The number of nitrogens with two attached hydrogens (primary N) is 1. The van der Waals surface area contributed by atoms with Gasteiger partial charge in [-0.15, -0.1) is 0 Å². The summed E-state index contributed by atoms with van der Waals surface area (Å²) in [4.78, 5) is 13.8. The van der Waals surface area contributed by atoms with E-state index in [1.54, 1.807) is 33.7 Å². The van der Waals surface area contributed by atoms with Crippen LogP contribution in [0, 0.1) is 0 Å². The molecule has 0 fully saturated rings. The highest BCUT2D eigenvalue weighted by Gasteiger charge is 2.19. The fourth-order valence-electron chi connectivity index (χ4n) is 1.84. The van der Waals surface area contributed by atoms with Crippen LogP contribution < -0.4 is 5.73 Å². The maximum absolute atomic E-state index is 12.2. The van der Waals surface area contributed by atoms with Crippen LogP contribution in [0.1, 0.15) is 23.0 Å². The number of amides is 1. The lowest BCUT2D eigenvalue weighted by atomic mass is 10.3. The van der Waals surface area contributed by atoms with Crippen LogP contribution in [-0.2, 0) is 20.1 Å². The molecule has 2 aromatic rings. The van der Waals surface area contributed by atoms with Crippen molar-refractivity contribution in [3.63, 3.8) is 0 Å². The smallest absolute Gasteiger partial charge is 0.276 e. The third kappa shape index (κ3) is 2.75. The van der Waals surface area contributed by atoms with E-state index in [1.165, 1.54) is 0 Å². The van der Waals surface area contributed by atoms with Crippen LogP contribution in [0.2, 0.25) is 0 Å². The molecule has 102 valence electrons. The Balaban J connectivity index is 2.12. The van der Waals surface area contributed by atoms with Gasteiger partial charge in [0, 0.05) is 45.1 Å². The predicted octanol–water partition coefficient (Wildman–Crippen LogP) is 0.491. The van der Waals surface area contributed by atoms with Crippen LogP contribution in [0.15, 0.2) is 18.6 Å². The number of aryl methyl sites for hydroxylation is 2. The van der Waals surface area contributed by atoms with Crippen LogP contribution in [0.3, 0.4) is 0 Å². The van der Waals surface area contributed by atoms with Gasteiger partial charge in [-0.3, -0.25) is 14.2 Å². The Labute approximate surface area is 111 Å². The van der Waals surface area contributed by atoms with Crippen molar-refractivity contribution in [2.24, 2.45) is 7.05 Å². The number of hydrogen-bond donors (Lipinski definition) is 1. The first-order chi connectivity index (χ1) is 9.01. The van der Waals surface area contributed by atoms with E-state index in [2.05, 4.69) is 10.2 Å². The van der Waals surface area contributed by atoms with Crippen molar-refractivity contribution >= 4 is 11.6 Å². The molecule has 0 spiro atoms. The largest absolute Gasteiger partial charge is 0.396 e. The first kappa shape index (κ1) is 13.1. The Morgan fingerprint density at radius 2 is 2.21 bits per heavy atom. The summed E-state index contributed by atoms with van der Waals surface area (Å²) in [5.41, 5.74) is 7.48. The lowest BCUT2D eigenvalue weighted by Gasteiger charge is -2.14. The number of carbonyl (C=O) groups is 1. The fourth-order valence-corrected chi connectivity index (χ4v) is 1.84. The summed E-state index contributed by atoms with van der Waals surface area (Å²) in [5, 5.41) is 8.25. The molecule has 19 heavy (non-hydrogen) atoms. The quantitative estimate of drug-likeness (QED) is 0.869. The Morgan fingerprint density at radius 1 is 1.47 bits per heavy atom. The Morgan fingerprint density at radius 3 is 2.74 bits per heavy atom. The minimum atomic E-state index is -0.187. The van der Waals surface area contributed by atoms with E-state index in [1.807, 2.05) is 20.2 Å². The number of nitrogens with zero attached hydrogens (tertiary/aromatic N) is 5. The van der Waals surface area contributed by atoms with Gasteiger partial charge in [-0.25, -0.2) is 0 Å². The van der Waals surface area contributed by atoms with Crippen molar-refractivity contribution in [2.45, 2.75) is 20.0 Å². The molecule has 0 aliphatic carbocycles. The van der Waals surface area contributed by atoms with E-state index in [0.29, 0.717) is 24.5 Å². The summed E-state index contributed by atoms with van der Waals surface area (Å²) < 4.78 is 3.36. The van der Waals surface area contributed by atoms with Gasteiger partial charge in [0.25, 0.3) is 5.91 Å². The third-order valence-electron chi connectivity index (χ3n) is 2.84. The molecular weight excluding hydrogens is 244 g/mol. The zero-order valence-corrected chi connectivity index (χ0v) is 11.4. The van der Waals surface area contributed by atoms with Crippen molar-refractivity contribution in [3.05, 3.63) is 29.8 Å². The Kier molecular flexibility index (Phi) is 3.55. The van der Waals surface area contributed by atoms with Gasteiger partial charge < -0.3 is 10.6 Å². The molecule has 2 heterocycles. The van der Waals surface area contributed by atoms with E-state index in [0.717, 1.165) is 5.56 Å². The van der Waals surface area contributed by atoms with Crippen LogP contribution in [0.25, 0.3) is 0 Å². The normalized spacial score (nSPS) is 10.7. The molecule has 2 aromatic heterocycles. The Bertz CT molecular complexity index is 585. The first-order valence-electron chi connectivity index (χ1n) is 6.07. The van der Waals surface area contributed by atoms with Crippen LogP contribution >= 0.6 is 0 Å². The third-order valence-corrected chi connectivity index (χ3v) is 2.84. The summed E-state index contributed by atoms with van der Waals surface area (Å²) in [5.74, 6) is -0.187. The summed E-state index contributed by atoms with van der Waals surface area (Å²) in [7, 11) is 3.56. The molecule has 0 bridgehead atoms. The van der Waals surface area contributed by atoms with Crippen LogP contribution in [0.4, 0.5) is 5.69 Å². The van der Waals surface area contributed by atoms with Crippen molar-refractivity contribution in [1.29, 1.82) is 0 Å².